The lowest BCUT2D eigenvalue weighted by molar-refractivity contribution is 0.560. The van der Waals surface area contributed by atoms with Crippen molar-refractivity contribution in [1.82, 2.24) is 9.97 Å². The molecule has 0 aliphatic carbocycles. The van der Waals surface area contributed by atoms with Crippen LogP contribution in [0.25, 0.3) is 0 Å². The molecule has 1 aromatic carbocycles. The van der Waals surface area contributed by atoms with Crippen molar-refractivity contribution in [2.24, 2.45) is 0 Å². The molecule has 0 saturated carbocycles. The van der Waals surface area contributed by atoms with Gasteiger partial charge >= 0.3 is 0 Å². The zero-order chi connectivity index (χ0) is 13.8. The lowest BCUT2D eigenvalue weighted by atomic mass is 10.2. The van der Waals surface area contributed by atoms with E-state index < -0.39 is 11.6 Å². The molecule has 0 fully saturated rings. The van der Waals surface area contributed by atoms with Gasteiger partial charge in [-0.05, 0) is 25.3 Å². The van der Waals surface area contributed by atoms with Crippen LogP contribution in [0.3, 0.4) is 0 Å². The Balaban J connectivity index is 2.16. The third-order valence-electron chi connectivity index (χ3n) is 2.52. The summed E-state index contributed by atoms with van der Waals surface area (Å²) in [6.07, 6.45) is 1.87. The Bertz CT molecular complexity index is 570. The van der Waals surface area contributed by atoms with Gasteiger partial charge in [-0.25, -0.2) is 18.7 Å². The summed E-state index contributed by atoms with van der Waals surface area (Å²) in [6.45, 7) is 1.89. The van der Waals surface area contributed by atoms with Gasteiger partial charge in [-0.3, -0.25) is 0 Å². The number of thioether (sulfide) groups is 1. The molecule has 1 N–H and O–H groups in total. The van der Waals surface area contributed by atoms with Gasteiger partial charge in [-0.2, -0.15) is 0 Å². The van der Waals surface area contributed by atoms with E-state index in [1.165, 1.54) is 30.0 Å². The first-order valence-electron chi connectivity index (χ1n) is 5.66. The number of halogens is 2. The fraction of sp³-hybridized carbons (Fsp3) is 0.231. The average Bonchev–Trinajstić information content (AvgIpc) is 2.37. The molecule has 0 saturated heterocycles. The lowest BCUT2D eigenvalue weighted by Gasteiger charge is -2.09. The van der Waals surface area contributed by atoms with E-state index in [1.54, 1.807) is 6.07 Å². The van der Waals surface area contributed by atoms with Crippen LogP contribution in [0.5, 0.6) is 0 Å². The molecule has 0 spiro atoms. The molecule has 0 unspecified atom stereocenters. The predicted octanol–water partition coefficient (Wildman–Crippen LogP) is 3.40. The van der Waals surface area contributed by atoms with Crippen LogP contribution in [0.4, 0.5) is 14.6 Å². The molecule has 3 nitrogen and oxygen atoms in total. The molecular weight excluding hydrogens is 268 g/mol. The Labute approximate surface area is 114 Å². The van der Waals surface area contributed by atoms with Gasteiger partial charge in [-0.1, -0.05) is 17.8 Å². The van der Waals surface area contributed by atoms with Gasteiger partial charge in [0.2, 0.25) is 0 Å². The Morgan fingerprint density at radius 2 is 1.89 bits per heavy atom. The third kappa shape index (κ3) is 3.41. The SMILES string of the molecule is CSc1nc(C)cc(NCc2c(F)cccc2F)n1. The van der Waals surface area contributed by atoms with Crippen molar-refractivity contribution < 1.29 is 8.78 Å². The molecule has 0 bridgehead atoms. The number of anilines is 1. The fourth-order valence-electron chi connectivity index (χ4n) is 1.60. The molecule has 0 atom stereocenters. The molecule has 1 aromatic heterocycles. The fourth-order valence-corrected chi connectivity index (χ4v) is 2.03. The highest BCUT2D eigenvalue weighted by Crippen LogP contribution is 2.16. The summed E-state index contributed by atoms with van der Waals surface area (Å²) >= 11 is 1.41. The molecule has 0 aliphatic rings. The molecule has 2 aromatic rings. The van der Waals surface area contributed by atoms with Crippen molar-refractivity contribution in [3.63, 3.8) is 0 Å². The summed E-state index contributed by atoms with van der Waals surface area (Å²) in [5, 5.41) is 3.54. The largest absolute Gasteiger partial charge is 0.366 e. The molecule has 0 aliphatic heterocycles. The van der Waals surface area contributed by atoms with E-state index in [0.29, 0.717) is 11.0 Å². The van der Waals surface area contributed by atoms with Crippen LogP contribution >= 0.6 is 11.8 Å². The van der Waals surface area contributed by atoms with E-state index >= 15 is 0 Å². The van der Waals surface area contributed by atoms with Crippen LogP contribution < -0.4 is 5.32 Å². The van der Waals surface area contributed by atoms with Crippen LogP contribution in [-0.2, 0) is 6.54 Å². The zero-order valence-electron chi connectivity index (χ0n) is 10.6. The maximum absolute atomic E-state index is 13.5. The van der Waals surface area contributed by atoms with Crippen molar-refractivity contribution in [3.8, 4) is 0 Å². The molecule has 19 heavy (non-hydrogen) atoms. The molecule has 0 radical (unpaired) electrons. The highest BCUT2D eigenvalue weighted by molar-refractivity contribution is 7.98. The minimum Gasteiger partial charge on any atom is -0.366 e. The Hall–Kier alpha value is -1.69. The van der Waals surface area contributed by atoms with E-state index in [1.807, 2.05) is 13.2 Å². The molecule has 6 heteroatoms. The van der Waals surface area contributed by atoms with E-state index in [0.717, 1.165) is 5.69 Å². The lowest BCUT2D eigenvalue weighted by Crippen LogP contribution is -2.07. The predicted molar refractivity (Wildman–Crippen MR) is 72.2 cm³/mol. The highest BCUT2D eigenvalue weighted by Gasteiger charge is 2.08. The quantitative estimate of drug-likeness (QED) is 0.688. The van der Waals surface area contributed by atoms with Gasteiger partial charge in [-0.15, -0.1) is 0 Å². The zero-order valence-corrected chi connectivity index (χ0v) is 11.4. The van der Waals surface area contributed by atoms with Gasteiger partial charge < -0.3 is 5.32 Å². The number of rotatable bonds is 4. The second kappa shape index (κ2) is 5.97. The Morgan fingerprint density at radius 3 is 2.53 bits per heavy atom. The average molecular weight is 281 g/mol. The van der Waals surface area contributed by atoms with E-state index in [9.17, 15) is 8.78 Å². The van der Waals surface area contributed by atoms with Crippen LogP contribution in [0.15, 0.2) is 29.4 Å². The second-order valence-corrected chi connectivity index (χ2v) is 4.71. The first-order chi connectivity index (χ1) is 9.10. The molecule has 1 heterocycles. The van der Waals surface area contributed by atoms with Crippen molar-refractivity contribution in [2.75, 3.05) is 11.6 Å². The minimum absolute atomic E-state index is 0.00414. The number of nitrogens with one attached hydrogen (secondary N) is 1. The van der Waals surface area contributed by atoms with Gasteiger partial charge in [0.15, 0.2) is 5.16 Å². The maximum atomic E-state index is 13.5. The first kappa shape index (κ1) is 13.7. The highest BCUT2D eigenvalue weighted by atomic mass is 32.2. The van der Waals surface area contributed by atoms with Gasteiger partial charge in [0.25, 0.3) is 0 Å². The summed E-state index contributed by atoms with van der Waals surface area (Å²) in [5.74, 6) is -0.578. The van der Waals surface area contributed by atoms with Crippen LogP contribution in [0.2, 0.25) is 0 Å². The second-order valence-electron chi connectivity index (χ2n) is 3.94. The number of hydrogen-bond acceptors (Lipinski definition) is 4. The Morgan fingerprint density at radius 1 is 1.21 bits per heavy atom. The van der Waals surface area contributed by atoms with E-state index in [-0.39, 0.29) is 12.1 Å². The molecule has 0 amide bonds. The topological polar surface area (TPSA) is 37.8 Å². The summed E-state index contributed by atoms with van der Waals surface area (Å²) in [6, 6.07) is 5.55. The van der Waals surface area contributed by atoms with Crippen LogP contribution in [-0.4, -0.2) is 16.2 Å². The van der Waals surface area contributed by atoms with Crippen molar-refractivity contribution in [1.29, 1.82) is 0 Å². The van der Waals surface area contributed by atoms with Gasteiger partial charge in [0, 0.05) is 23.9 Å². The Kier molecular flexibility index (Phi) is 4.31. The first-order valence-corrected chi connectivity index (χ1v) is 6.89. The number of nitrogens with zero attached hydrogens (tertiary/aromatic N) is 2. The number of benzene rings is 1. The summed E-state index contributed by atoms with van der Waals surface area (Å²) in [7, 11) is 0. The normalized spacial score (nSPS) is 10.5. The van der Waals surface area contributed by atoms with E-state index in [2.05, 4.69) is 15.3 Å². The summed E-state index contributed by atoms with van der Waals surface area (Å²) in [5.41, 5.74) is 0.806. The minimum atomic E-state index is -0.566. The van der Waals surface area contributed by atoms with Crippen LogP contribution in [0, 0.1) is 18.6 Å². The number of hydrogen-bond donors (Lipinski definition) is 1. The monoisotopic (exact) mass is 281 g/mol. The summed E-state index contributed by atoms with van der Waals surface area (Å²) < 4.78 is 26.9. The maximum Gasteiger partial charge on any atom is 0.189 e. The molecular formula is C13H13F2N3S. The van der Waals surface area contributed by atoms with Crippen molar-refractivity contribution >= 4 is 17.6 Å². The van der Waals surface area contributed by atoms with E-state index in [4.69, 9.17) is 0 Å². The number of aryl methyl sites for hydroxylation is 1. The third-order valence-corrected chi connectivity index (χ3v) is 3.07. The van der Waals surface area contributed by atoms with Gasteiger partial charge in [0.05, 0.1) is 0 Å². The van der Waals surface area contributed by atoms with Crippen molar-refractivity contribution in [2.45, 2.75) is 18.6 Å². The number of aromatic nitrogens is 2. The molecule has 2 rings (SSSR count). The van der Waals surface area contributed by atoms with Crippen molar-refractivity contribution in [3.05, 3.63) is 47.2 Å². The smallest absolute Gasteiger partial charge is 0.189 e. The van der Waals surface area contributed by atoms with Gasteiger partial charge in [0.1, 0.15) is 17.5 Å². The van der Waals surface area contributed by atoms with Crippen LogP contribution in [0.1, 0.15) is 11.3 Å². The standard InChI is InChI=1S/C13H13F2N3S/c1-8-6-12(18-13(17-8)19-2)16-7-9-10(14)4-3-5-11(9)15/h3-6H,7H2,1-2H3,(H,16,17,18). The summed E-state index contributed by atoms with van der Waals surface area (Å²) in [4.78, 5) is 8.43. The molecule has 100 valence electrons.